The van der Waals surface area contributed by atoms with Crippen LogP contribution in [0.15, 0.2) is 30.3 Å². The van der Waals surface area contributed by atoms with Crippen LogP contribution >= 0.6 is 0 Å². The number of nitrogens with zero attached hydrogens (tertiary/aromatic N) is 2. The Labute approximate surface area is 167 Å². The Kier molecular flexibility index (Phi) is 4.86. The highest BCUT2D eigenvalue weighted by Crippen LogP contribution is 2.32. The van der Waals surface area contributed by atoms with Gasteiger partial charge in [-0.3, -0.25) is 25.2 Å². The lowest BCUT2D eigenvalue weighted by molar-refractivity contribution is -0.129. The summed E-state index contributed by atoms with van der Waals surface area (Å²) >= 11 is 0. The molecule has 1 saturated heterocycles. The largest absolute Gasteiger partial charge is 0.339 e. The van der Waals surface area contributed by atoms with E-state index in [0.29, 0.717) is 17.8 Å². The van der Waals surface area contributed by atoms with Crippen molar-refractivity contribution in [1.82, 2.24) is 20.3 Å². The molecule has 4 rings (SSSR count). The van der Waals surface area contributed by atoms with Crippen molar-refractivity contribution in [3.63, 3.8) is 0 Å². The number of carbonyl (C=O) groups is 3. The van der Waals surface area contributed by atoms with E-state index >= 15 is 0 Å². The molecule has 1 aliphatic carbocycles. The third-order valence-electron chi connectivity index (χ3n) is 5.58. The molecular weight excluding hydrogens is 375 g/mol. The van der Waals surface area contributed by atoms with Crippen molar-refractivity contribution in [3.8, 4) is 5.69 Å². The molecule has 1 aromatic heterocycles. The second kappa shape index (κ2) is 7.35. The van der Waals surface area contributed by atoms with Crippen LogP contribution in [0.4, 0.5) is 4.39 Å². The Morgan fingerprint density at radius 2 is 1.79 bits per heavy atom. The van der Waals surface area contributed by atoms with E-state index < -0.39 is 11.8 Å². The molecule has 2 aromatic rings. The molecular formula is C21H23FN4O3. The lowest BCUT2D eigenvalue weighted by atomic mass is 10.1. The molecule has 0 spiro atoms. The summed E-state index contributed by atoms with van der Waals surface area (Å²) in [7, 11) is 0. The molecule has 7 nitrogen and oxygen atoms in total. The van der Waals surface area contributed by atoms with E-state index in [9.17, 15) is 18.8 Å². The highest BCUT2D eigenvalue weighted by Gasteiger charge is 2.41. The summed E-state index contributed by atoms with van der Waals surface area (Å²) in [4.78, 5) is 38.8. The fourth-order valence-electron chi connectivity index (χ4n) is 3.91. The number of likely N-dealkylation sites (tertiary alicyclic amines) is 1. The molecule has 0 radical (unpaired) electrons. The van der Waals surface area contributed by atoms with Crippen LogP contribution in [0.5, 0.6) is 0 Å². The van der Waals surface area contributed by atoms with Gasteiger partial charge in [0.2, 0.25) is 11.8 Å². The number of hydrogen-bond donors (Lipinski definition) is 2. The van der Waals surface area contributed by atoms with Gasteiger partial charge >= 0.3 is 0 Å². The van der Waals surface area contributed by atoms with Gasteiger partial charge in [-0.05, 0) is 57.0 Å². The first kappa shape index (κ1) is 19.2. The molecule has 152 valence electrons. The number of halogens is 1. The second-order valence-electron chi connectivity index (χ2n) is 7.72. The fourth-order valence-corrected chi connectivity index (χ4v) is 3.91. The number of rotatable bonds is 4. The van der Waals surface area contributed by atoms with Crippen molar-refractivity contribution in [2.75, 3.05) is 6.54 Å². The average Bonchev–Trinajstić information content (AvgIpc) is 3.40. The molecule has 3 amide bonds. The lowest BCUT2D eigenvalue weighted by Crippen LogP contribution is -2.45. The molecule has 2 N–H and O–H groups in total. The molecule has 1 aliphatic heterocycles. The van der Waals surface area contributed by atoms with E-state index in [0.717, 1.165) is 24.2 Å². The number of amides is 3. The summed E-state index contributed by atoms with van der Waals surface area (Å²) in [5.41, 5.74) is 7.55. The van der Waals surface area contributed by atoms with Gasteiger partial charge in [0.05, 0.1) is 11.5 Å². The van der Waals surface area contributed by atoms with Crippen LogP contribution in [-0.4, -0.2) is 39.8 Å². The molecule has 0 unspecified atom stereocenters. The van der Waals surface area contributed by atoms with Gasteiger partial charge in [0.15, 0.2) is 0 Å². The zero-order chi connectivity index (χ0) is 20.7. The summed E-state index contributed by atoms with van der Waals surface area (Å²) in [6.07, 6.45) is 2.18. The number of aromatic nitrogens is 1. The maximum Gasteiger partial charge on any atom is 0.271 e. The Bertz CT molecular complexity index is 979. The first-order chi connectivity index (χ1) is 13.8. The molecule has 1 saturated carbocycles. The van der Waals surface area contributed by atoms with E-state index in [1.165, 1.54) is 12.1 Å². The van der Waals surface area contributed by atoms with Crippen LogP contribution in [0.3, 0.4) is 0 Å². The summed E-state index contributed by atoms with van der Waals surface area (Å²) in [5, 5.41) is 0. The van der Waals surface area contributed by atoms with Crippen LogP contribution < -0.4 is 10.9 Å². The van der Waals surface area contributed by atoms with Gasteiger partial charge < -0.3 is 9.47 Å². The first-order valence-electron chi connectivity index (χ1n) is 9.69. The molecule has 1 atom stereocenters. The van der Waals surface area contributed by atoms with Crippen molar-refractivity contribution < 1.29 is 18.8 Å². The maximum atomic E-state index is 13.2. The van der Waals surface area contributed by atoms with Crippen LogP contribution in [0.2, 0.25) is 0 Å². The molecule has 0 bridgehead atoms. The zero-order valence-corrected chi connectivity index (χ0v) is 16.4. The number of carbonyl (C=O) groups excluding carboxylic acids is 3. The Morgan fingerprint density at radius 1 is 1.10 bits per heavy atom. The Balaban J connectivity index is 1.41. The second-order valence-corrected chi connectivity index (χ2v) is 7.72. The van der Waals surface area contributed by atoms with Crippen LogP contribution in [0, 0.1) is 25.6 Å². The third kappa shape index (κ3) is 3.74. The van der Waals surface area contributed by atoms with Gasteiger partial charge in [0.1, 0.15) is 5.82 Å². The van der Waals surface area contributed by atoms with Gasteiger partial charge in [-0.15, -0.1) is 0 Å². The minimum Gasteiger partial charge on any atom is -0.339 e. The van der Waals surface area contributed by atoms with Crippen molar-refractivity contribution in [2.24, 2.45) is 5.92 Å². The summed E-state index contributed by atoms with van der Waals surface area (Å²) in [5.74, 6) is -1.58. The smallest absolute Gasteiger partial charge is 0.271 e. The SMILES string of the molecule is Cc1cc(C(=O)NNC(=O)[C@@H]2CC(=O)N(C3CC3)C2)c(C)n1-c1ccc(F)cc1. The fraction of sp³-hybridized carbons (Fsp3) is 0.381. The van der Waals surface area contributed by atoms with E-state index in [1.54, 1.807) is 30.0 Å². The summed E-state index contributed by atoms with van der Waals surface area (Å²) in [6, 6.07) is 8.01. The van der Waals surface area contributed by atoms with Crippen molar-refractivity contribution >= 4 is 17.7 Å². The normalized spacial score (nSPS) is 18.8. The predicted molar refractivity (Wildman–Crippen MR) is 104 cm³/mol. The first-order valence-corrected chi connectivity index (χ1v) is 9.69. The molecule has 2 fully saturated rings. The molecule has 1 aromatic carbocycles. The van der Waals surface area contributed by atoms with Gasteiger partial charge in [-0.2, -0.15) is 0 Å². The summed E-state index contributed by atoms with van der Waals surface area (Å²) < 4.78 is 15.0. The lowest BCUT2D eigenvalue weighted by Gasteiger charge is -2.15. The number of aryl methyl sites for hydroxylation is 1. The monoisotopic (exact) mass is 398 g/mol. The number of hydrazine groups is 1. The van der Waals surface area contributed by atoms with Crippen LogP contribution in [0.25, 0.3) is 5.69 Å². The predicted octanol–water partition coefficient (Wildman–Crippen LogP) is 2.01. The maximum absolute atomic E-state index is 13.2. The van der Waals surface area contributed by atoms with E-state index in [-0.39, 0.29) is 30.1 Å². The molecule has 2 heterocycles. The van der Waals surface area contributed by atoms with Gasteiger partial charge in [-0.25, -0.2) is 4.39 Å². The molecule has 29 heavy (non-hydrogen) atoms. The van der Waals surface area contributed by atoms with Gasteiger partial charge in [0.25, 0.3) is 5.91 Å². The minimum atomic E-state index is -0.449. The molecule has 8 heteroatoms. The van der Waals surface area contributed by atoms with Gasteiger partial charge in [0, 0.05) is 36.1 Å². The zero-order valence-electron chi connectivity index (χ0n) is 16.4. The number of hydrogen-bond acceptors (Lipinski definition) is 3. The number of benzene rings is 1. The van der Waals surface area contributed by atoms with E-state index in [4.69, 9.17) is 0 Å². The van der Waals surface area contributed by atoms with Crippen molar-refractivity contribution in [3.05, 3.63) is 53.1 Å². The Hall–Kier alpha value is -3.16. The van der Waals surface area contributed by atoms with E-state index in [2.05, 4.69) is 10.9 Å². The van der Waals surface area contributed by atoms with Gasteiger partial charge in [-0.1, -0.05) is 0 Å². The van der Waals surface area contributed by atoms with Crippen molar-refractivity contribution in [1.29, 1.82) is 0 Å². The molecule has 2 aliphatic rings. The standard InChI is InChI=1S/C21H23FN4O3/c1-12-9-18(13(2)26(12)17-5-3-15(22)4-6-17)21(29)24-23-20(28)14-10-19(27)25(11-14)16-7-8-16/h3-6,9,14,16H,7-8,10-11H2,1-2H3,(H,23,28)(H,24,29)/t14-/m1/s1. The topological polar surface area (TPSA) is 83.4 Å². The van der Waals surface area contributed by atoms with E-state index in [1.807, 2.05) is 11.5 Å². The quantitative estimate of drug-likeness (QED) is 0.773. The average molecular weight is 398 g/mol. The minimum absolute atomic E-state index is 0.00169. The van der Waals surface area contributed by atoms with Crippen molar-refractivity contribution in [2.45, 2.75) is 39.2 Å². The summed E-state index contributed by atoms with van der Waals surface area (Å²) in [6.45, 7) is 4.04. The number of nitrogens with one attached hydrogen (secondary N) is 2. The van der Waals surface area contributed by atoms with Crippen LogP contribution in [-0.2, 0) is 9.59 Å². The highest BCUT2D eigenvalue weighted by atomic mass is 19.1. The van der Waals surface area contributed by atoms with Crippen LogP contribution in [0.1, 0.15) is 41.0 Å². The third-order valence-corrected chi connectivity index (χ3v) is 5.58. The highest BCUT2D eigenvalue weighted by molar-refractivity contribution is 5.97. The Morgan fingerprint density at radius 3 is 2.45 bits per heavy atom.